The number of anilines is 2. The van der Waals surface area contributed by atoms with E-state index in [9.17, 15) is 0 Å². The SMILES string of the molecule is COCC1CCN(c2ccnc(NN)c2)CC1. The molecule has 5 heteroatoms. The number of nitrogens with one attached hydrogen (secondary N) is 1. The molecule has 1 saturated heterocycles. The minimum absolute atomic E-state index is 0.699. The van der Waals surface area contributed by atoms with Crippen molar-refractivity contribution in [1.82, 2.24) is 4.98 Å². The summed E-state index contributed by atoms with van der Waals surface area (Å²) in [5.74, 6) is 6.77. The fourth-order valence-electron chi connectivity index (χ4n) is 2.29. The predicted molar refractivity (Wildman–Crippen MR) is 68.9 cm³/mol. The van der Waals surface area contributed by atoms with Gasteiger partial charge in [0.05, 0.1) is 0 Å². The summed E-state index contributed by atoms with van der Waals surface area (Å²) in [6.45, 7) is 3.02. The van der Waals surface area contributed by atoms with Gasteiger partial charge in [0.1, 0.15) is 5.82 Å². The lowest BCUT2D eigenvalue weighted by atomic mass is 9.97. The van der Waals surface area contributed by atoms with Crippen LogP contribution in [0.25, 0.3) is 0 Å². The molecule has 3 N–H and O–H groups in total. The molecule has 2 rings (SSSR count). The van der Waals surface area contributed by atoms with Gasteiger partial charge in [0.2, 0.25) is 0 Å². The van der Waals surface area contributed by atoms with E-state index in [0.717, 1.165) is 19.7 Å². The molecule has 5 nitrogen and oxygen atoms in total. The van der Waals surface area contributed by atoms with E-state index in [1.54, 1.807) is 13.3 Å². The van der Waals surface area contributed by atoms with Gasteiger partial charge in [-0.05, 0) is 24.8 Å². The molecule has 1 aliphatic rings. The lowest BCUT2D eigenvalue weighted by molar-refractivity contribution is 0.139. The topological polar surface area (TPSA) is 63.4 Å². The van der Waals surface area contributed by atoms with Crippen molar-refractivity contribution < 1.29 is 4.74 Å². The number of pyridine rings is 1. The lowest BCUT2D eigenvalue weighted by Crippen LogP contribution is -2.35. The Morgan fingerprint density at radius 2 is 2.29 bits per heavy atom. The minimum atomic E-state index is 0.699. The van der Waals surface area contributed by atoms with Gasteiger partial charge in [0, 0.05) is 44.8 Å². The Hall–Kier alpha value is -1.33. The number of methoxy groups -OCH3 is 1. The molecule has 1 aliphatic heterocycles. The number of nitrogens with two attached hydrogens (primary N) is 1. The van der Waals surface area contributed by atoms with Crippen LogP contribution >= 0.6 is 0 Å². The van der Waals surface area contributed by atoms with Crippen LogP contribution in [0.15, 0.2) is 18.3 Å². The van der Waals surface area contributed by atoms with Crippen molar-refractivity contribution in [3.63, 3.8) is 0 Å². The van der Waals surface area contributed by atoms with Crippen molar-refractivity contribution in [2.24, 2.45) is 11.8 Å². The first kappa shape index (κ1) is 12.1. The quantitative estimate of drug-likeness (QED) is 0.608. The first-order valence-electron chi connectivity index (χ1n) is 6.00. The van der Waals surface area contributed by atoms with Crippen LogP contribution in [0, 0.1) is 5.92 Å². The third-order valence-corrected chi connectivity index (χ3v) is 3.27. The van der Waals surface area contributed by atoms with E-state index in [-0.39, 0.29) is 0 Å². The van der Waals surface area contributed by atoms with E-state index < -0.39 is 0 Å². The molecule has 2 heterocycles. The van der Waals surface area contributed by atoms with Gasteiger partial charge in [-0.15, -0.1) is 0 Å². The van der Waals surface area contributed by atoms with Gasteiger partial charge in [-0.1, -0.05) is 0 Å². The first-order chi connectivity index (χ1) is 8.33. The zero-order valence-corrected chi connectivity index (χ0v) is 10.2. The number of nitrogen functional groups attached to an aromatic ring is 1. The van der Waals surface area contributed by atoms with Crippen LogP contribution < -0.4 is 16.2 Å². The van der Waals surface area contributed by atoms with Crippen LogP contribution in [0.4, 0.5) is 11.5 Å². The number of rotatable bonds is 4. The van der Waals surface area contributed by atoms with Gasteiger partial charge in [-0.3, -0.25) is 0 Å². The smallest absolute Gasteiger partial charge is 0.141 e. The van der Waals surface area contributed by atoms with Gasteiger partial charge in [-0.25, -0.2) is 10.8 Å². The second-order valence-electron chi connectivity index (χ2n) is 4.43. The highest BCUT2D eigenvalue weighted by atomic mass is 16.5. The minimum Gasteiger partial charge on any atom is -0.384 e. The predicted octanol–water partition coefficient (Wildman–Crippen LogP) is 1.23. The molecule has 1 aromatic rings. The molecule has 0 aliphatic carbocycles. The zero-order valence-electron chi connectivity index (χ0n) is 10.2. The lowest BCUT2D eigenvalue weighted by Gasteiger charge is -2.33. The van der Waals surface area contributed by atoms with Crippen LogP contribution in [0.1, 0.15) is 12.8 Å². The molecular formula is C12H20N4O. The van der Waals surface area contributed by atoms with Crippen LogP contribution in [-0.4, -0.2) is 31.8 Å². The summed E-state index contributed by atoms with van der Waals surface area (Å²) in [6.07, 6.45) is 4.15. The Balaban J connectivity index is 1.95. The fraction of sp³-hybridized carbons (Fsp3) is 0.583. The van der Waals surface area contributed by atoms with E-state index in [1.165, 1.54) is 18.5 Å². The molecule has 0 atom stereocenters. The summed E-state index contributed by atoms with van der Waals surface area (Å²) in [6, 6.07) is 4.01. The maximum atomic E-state index is 5.36. The Morgan fingerprint density at radius 3 is 2.94 bits per heavy atom. The van der Waals surface area contributed by atoms with E-state index in [1.807, 2.05) is 12.1 Å². The van der Waals surface area contributed by atoms with Crippen molar-refractivity contribution in [1.29, 1.82) is 0 Å². The summed E-state index contributed by atoms with van der Waals surface area (Å²) in [7, 11) is 1.77. The average molecular weight is 236 g/mol. The Labute approximate surface area is 102 Å². The van der Waals surface area contributed by atoms with Gasteiger partial charge >= 0.3 is 0 Å². The maximum absolute atomic E-state index is 5.36. The average Bonchev–Trinajstić information content (AvgIpc) is 2.40. The zero-order chi connectivity index (χ0) is 12.1. The van der Waals surface area contributed by atoms with Gasteiger partial charge in [0.25, 0.3) is 0 Å². The van der Waals surface area contributed by atoms with Gasteiger partial charge < -0.3 is 15.1 Å². The van der Waals surface area contributed by atoms with E-state index in [2.05, 4.69) is 15.3 Å². The van der Waals surface area contributed by atoms with E-state index >= 15 is 0 Å². The molecule has 0 aromatic carbocycles. The van der Waals surface area contributed by atoms with Crippen molar-refractivity contribution in [2.45, 2.75) is 12.8 Å². The second kappa shape index (κ2) is 5.84. The normalized spacial score (nSPS) is 17.2. The standard InChI is InChI=1S/C12H20N4O/c1-17-9-10-3-6-16(7-4-10)11-2-5-14-12(8-11)15-13/h2,5,8,10H,3-4,6-7,9,13H2,1H3,(H,14,15). The maximum Gasteiger partial charge on any atom is 0.141 e. The third-order valence-electron chi connectivity index (χ3n) is 3.27. The third kappa shape index (κ3) is 3.08. The largest absolute Gasteiger partial charge is 0.384 e. The molecule has 0 unspecified atom stereocenters. The number of hydrogen-bond acceptors (Lipinski definition) is 5. The number of nitrogens with zero attached hydrogens (tertiary/aromatic N) is 2. The summed E-state index contributed by atoms with van der Waals surface area (Å²) in [5.41, 5.74) is 3.76. The molecule has 94 valence electrons. The number of piperidine rings is 1. The number of aromatic nitrogens is 1. The molecule has 17 heavy (non-hydrogen) atoms. The molecule has 0 bridgehead atoms. The number of ether oxygens (including phenoxy) is 1. The van der Waals surface area contributed by atoms with Crippen LogP contribution in [0.2, 0.25) is 0 Å². The molecule has 0 saturated carbocycles. The fourth-order valence-corrected chi connectivity index (χ4v) is 2.29. The first-order valence-corrected chi connectivity index (χ1v) is 6.00. The number of hydrazine groups is 1. The van der Waals surface area contributed by atoms with Gasteiger partial charge in [0.15, 0.2) is 0 Å². The molecule has 0 amide bonds. The van der Waals surface area contributed by atoms with Gasteiger partial charge in [-0.2, -0.15) is 0 Å². The highest BCUT2D eigenvalue weighted by Gasteiger charge is 2.19. The highest BCUT2D eigenvalue weighted by molar-refractivity contribution is 5.53. The molecule has 1 aromatic heterocycles. The van der Waals surface area contributed by atoms with Crippen molar-refractivity contribution >= 4 is 11.5 Å². The monoisotopic (exact) mass is 236 g/mol. The van der Waals surface area contributed by atoms with Crippen LogP contribution in [0.5, 0.6) is 0 Å². The van der Waals surface area contributed by atoms with Crippen molar-refractivity contribution in [2.75, 3.05) is 37.1 Å². The highest BCUT2D eigenvalue weighted by Crippen LogP contribution is 2.24. The Bertz CT molecular complexity index is 350. The second-order valence-corrected chi connectivity index (χ2v) is 4.43. The summed E-state index contributed by atoms with van der Waals surface area (Å²) < 4.78 is 5.20. The van der Waals surface area contributed by atoms with E-state index in [0.29, 0.717) is 11.7 Å². The summed E-state index contributed by atoms with van der Waals surface area (Å²) >= 11 is 0. The van der Waals surface area contributed by atoms with E-state index in [4.69, 9.17) is 10.6 Å². The molecule has 0 spiro atoms. The van der Waals surface area contributed by atoms with Crippen molar-refractivity contribution in [3.8, 4) is 0 Å². The van der Waals surface area contributed by atoms with Crippen LogP contribution in [0.3, 0.4) is 0 Å². The Morgan fingerprint density at radius 1 is 1.53 bits per heavy atom. The molecule has 1 fully saturated rings. The van der Waals surface area contributed by atoms with Crippen LogP contribution in [-0.2, 0) is 4.74 Å². The molecular weight excluding hydrogens is 216 g/mol. The summed E-state index contributed by atoms with van der Waals surface area (Å²) in [4.78, 5) is 6.48. The molecule has 0 radical (unpaired) electrons. The number of hydrogen-bond donors (Lipinski definition) is 2. The Kier molecular flexibility index (Phi) is 4.17. The van der Waals surface area contributed by atoms with Crippen molar-refractivity contribution in [3.05, 3.63) is 18.3 Å². The summed E-state index contributed by atoms with van der Waals surface area (Å²) in [5, 5.41) is 0.